The Morgan fingerprint density at radius 2 is 1.73 bits per heavy atom. The molecule has 3 N–H and O–H groups in total. The molecule has 2 atom stereocenters. The lowest BCUT2D eigenvalue weighted by atomic mass is 9.79. The maximum atomic E-state index is 12.9. The van der Waals surface area contributed by atoms with Crippen LogP contribution in [0.4, 0.5) is 0 Å². The van der Waals surface area contributed by atoms with Crippen molar-refractivity contribution in [3.63, 3.8) is 0 Å². The summed E-state index contributed by atoms with van der Waals surface area (Å²) in [5, 5.41) is 15.0. The van der Waals surface area contributed by atoms with E-state index in [1.807, 2.05) is 12.1 Å². The summed E-state index contributed by atoms with van der Waals surface area (Å²) in [6.07, 6.45) is 7.78. The van der Waals surface area contributed by atoms with E-state index in [1.165, 1.54) is 19.3 Å². The number of hydrogen-bond acceptors (Lipinski definition) is 6. The summed E-state index contributed by atoms with van der Waals surface area (Å²) in [5.41, 5.74) is 1.69. The molecule has 2 aromatic rings. The molecule has 9 heteroatoms. The summed E-state index contributed by atoms with van der Waals surface area (Å²) in [7, 11) is 0. The Balaban J connectivity index is 1.52. The number of aliphatic carboxylic acids is 1. The topological polar surface area (TPSA) is 135 Å². The quantitative estimate of drug-likeness (QED) is 0.460. The van der Waals surface area contributed by atoms with Gasteiger partial charge in [0.1, 0.15) is 29.0 Å². The van der Waals surface area contributed by atoms with Gasteiger partial charge in [-0.05, 0) is 75.5 Å². The normalized spacial score (nSPS) is 17.9. The SMILES string of the molecule is CC[C@@H](NC(=O)[C@@H](CC)NC(=O)Cc1c(C)c2cc3c(cc2oc1=O)OC1(CCCCC1)CC3)C(=O)O. The van der Waals surface area contributed by atoms with Gasteiger partial charge in [-0.1, -0.05) is 20.3 Å². The van der Waals surface area contributed by atoms with Crippen molar-refractivity contribution >= 4 is 28.8 Å². The lowest BCUT2D eigenvalue weighted by Gasteiger charge is -2.41. The molecule has 1 fully saturated rings. The highest BCUT2D eigenvalue weighted by Crippen LogP contribution is 2.43. The van der Waals surface area contributed by atoms with E-state index in [0.29, 0.717) is 11.1 Å². The molecule has 37 heavy (non-hydrogen) atoms. The Morgan fingerprint density at radius 1 is 1.03 bits per heavy atom. The van der Waals surface area contributed by atoms with Crippen molar-refractivity contribution in [1.29, 1.82) is 0 Å². The standard InChI is InChI=1S/C28H36N2O7/c1-4-20(25(32)30-21(5-2)26(33)34)29-24(31)14-19-16(3)18-13-17-9-12-28(10-7-6-8-11-28)37-22(17)15-23(18)36-27(19)35/h13,15,20-21H,4-12,14H2,1-3H3,(H,29,31)(H,30,32)(H,33,34)/t20-,21-/m1/s1. The Hall–Kier alpha value is -3.36. The molecule has 2 amide bonds. The van der Waals surface area contributed by atoms with Crippen molar-refractivity contribution in [2.24, 2.45) is 0 Å². The number of amides is 2. The Morgan fingerprint density at radius 3 is 2.38 bits per heavy atom. The average Bonchev–Trinajstić information content (AvgIpc) is 2.87. The smallest absolute Gasteiger partial charge is 0.340 e. The maximum Gasteiger partial charge on any atom is 0.340 e. The molecular formula is C28H36N2O7. The van der Waals surface area contributed by atoms with Gasteiger partial charge in [-0.15, -0.1) is 0 Å². The second-order valence-electron chi connectivity index (χ2n) is 10.3. The van der Waals surface area contributed by atoms with Gasteiger partial charge in [0.2, 0.25) is 11.8 Å². The van der Waals surface area contributed by atoms with E-state index < -0.39 is 35.5 Å². The maximum absolute atomic E-state index is 12.9. The molecular weight excluding hydrogens is 476 g/mol. The molecule has 0 unspecified atom stereocenters. The van der Waals surface area contributed by atoms with Crippen molar-refractivity contribution in [2.75, 3.05) is 0 Å². The van der Waals surface area contributed by atoms with E-state index in [1.54, 1.807) is 20.8 Å². The van der Waals surface area contributed by atoms with Crippen LogP contribution in [-0.4, -0.2) is 40.6 Å². The average molecular weight is 513 g/mol. The highest BCUT2D eigenvalue weighted by atomic mass is 16.5. The van der Waals surface area contributed by atoms with E-state index >= 15 is 0 Å². The van der Waals surface area contributed by atoms with Crippen molar-refractivity contribution in [3.05, 3.63) is 39.2 Å². The Bertz CT molecular complexity index is 1260. The third-order valence-electron chi connectivity index (χ3n) is 7.83. The molecule has 1 aromatic carbocycles. The second-order valence-corrected chi connectivity index (χ2v) is 10.3. The fourth-order valence-corrected chi connectivity index (χ4v) is 5.52. The highest BCUT2D eigenvalue weighted by Gasteiger charge is 2.37. The zero-order chi connectivity index (χ0) is 26.7. The van der Waals surface area contributed by atoms with Gasteiger partial charge in [-0.3, -0.25) is 9.59 Å². The minimum absolute atomic E-state index is 0.115. The van der Waals surface area contributed by atoms with Gasteiger partial charge < -0.3 is 24.9 Å². The molecule has 0 bridgehead atoms. The van der Waals surface area contributed by atoms with Gasteiger partial charge in [-0.25, -0.2) is 9.59 Å². The van der Waals surface area contributed by atoms with E-state index in [-0.39, 0.29) is 30.4 Å². The molecule has 9 nitrogen and oxygen atoms in total. The van der Waals surface area contributed by atoms with Gasteiger partial charge in [0.25, 0.3) is 0 Å². The Labute approximate surface area is 215 Å². The molecule has 2 heterocycles. The van der Waals surface area contributed by atoms with Gasteiger partial charge in [0, 0.05) is 11.5 Å². The molecule has 0 saturated heterocycles. The van der Waals surface area contributed by atoms with Crippen LogP contribution in [0, 0.1) is 6.92 Å². The largest absolute Gasteiger partial charge is 0.487 e. The van der Waals surface area contributed by atoms with E-state index in [9.17, 15) is 24.3 Å². The lowest BCUT2D eigenvalue weighted by molar-refractivity contribution is -0.142. The summed E-state index contributed by atoms with van der Waals surface area (Å²) in [6, 6.07) is 1.86. The fourth-order valence-electron chi connectivity index (χ4n) is 5.52. The van der Waals surface area contributed by atoms with Crippen LogP contribution in [-0.2, 0) is 27.2 Å². The zero-order valence-electron chi connectivity index (χ0n) is 21.8. The van der Waals surface area contributed by atoms with Crippen molar-refractivity contribution in [2.45, 2.75) is 103 Å². The number of aryl methyl sites for hydroxylation is 2. The number of benzene rings is 1. The first-order chi connectivity index (χ1) is 17.7. The number of hydrogen-bond donors (Lipinski definition) is 3. The monoisotopic (exact) mass is 512 g/mol. The number of carbonyl (C=O) groups excluding carboxylic acids is 2. The zero-order valence-corrected chi connectivity index (χ0v) is 21.8. The van der Waals surface area contributed by atoms with Gasteiger partial charge in [0.05, 0.1) is 12.0 Å². The predicted molar refractivity (Wildman–Crippen MR) is 138 cm³/mol. The fraction of sp³-hybridized carbons (Fsp3) is 0.571. The number of carbonyl (C=O) groups is 3. The summed E-state index contributed by atoms with van der Waals surface area (Å²) in [4.78, 5) is 49.4. The molecule has 1 aliphatic carbocycles. The van der Waals surface area contributed by atoms with Crippen LogP contribution in [0.2, 0.25) is 0 Å². The summed E-state index contributed by atoms with van der Waals surface area (Å²) in [6.45, 7) is 5.16. The first-order valence-corrected chi connectivity index (χ1v) is 13.3. The summed E-state index contributed by atoms with van der Waals surface area (Å²) < 4.78 is 12.1. The number of nitrogens with one attached hydrogen (secondary N) is 2. The van der Waals surface area contributed by atoms with Crippen molar-refractivity contribution in [3.8, 4) is 5.75 Å². The second kappa shape index (κ2) is 10.9. The molecule has 1 aromatic heterocycles. The number of carboxylic acids is 1. The summed E-state index contributed by atoms with van der Waals surface area (Å²) in [5.74, 6) is -1.45. The molecule has 0 radical (unpaired) electrons. The van der Waals surface area contributed by atoms with Crippen molar-refractivity contribution in [1.82, 2.24) is 10.6 Å². The number of carboxylic acid groups (broad SMARTS) is 1. The third kappa shape index (κ3) is 5.65. The van der Waals surface area contributed by atoms with Crippen LogP contribution in [0.5, 0.6) is 5.75 Å². The third-order valence-corrected chi connectivity index (χ3v) is 7.83. The minimum Gasteiger partial charge on any atom is -0.487 e. The van der Waals surface area contributed by atoms with Gasteiger partial charge in [0.15, 0.2) is 0 Å². The van der Waals surface area contributed by atoms with Crippen molar-refractivity contribution < 1.29 is 28.6 Å². The van der Waals surface area contributed by atoms with Crippen LogP contribution in [0.1, 0.15) is 81.9 Å². The van der Waals surface area contributed by atoms with Crippen LogP contribution >= 0.6 is 0 Å². The number of ether oxygens (including phenoxy) is 1. The number of fused-ring (bicyclic) bond motifs is 2. The highest BCUT2D eigenvalue weighted by molar-refractivity contribution is 5.91. The Kier molecular flexibility index (Phi) is 7.90. The van der Waals surface area contributed by atoms with Crippen LogP contribution in [0.25, 0.3) is 11.0 Å². The van der Waals surface area contributed by atoms with Gasteiger partial charge >= 0.3 is 11.6 Å². The van der Waals surface area contributed by atoms with Gasteiger partial charge in [-0.2, -0.15) is 0 Å². The first-order valence-electron chi connectivity index (χ1n) is 13.3. The molecule has 200 valence electrons. The number of rotatable bonds is 8. The van der Waals surface area contributed by atoms with Crippen LogP contribution < -0.4 is 21.0 Å². The molecule has 2 aliphatic rings. The van der Waals surface area contributed by atoms with E-state index in [0.717, 1.165) is 42.4 Å². The molecule has 1 aliphatic heterocycles. The lowest BCUT2D eigenvalue weighted by Crippen LogP contribution is -2.51. The first kappa shape index (κ1) is 26.7. The van der Waals surface area contributed by atoms with Crippen LogP contribution in [0.15, 0.2) is 21.3 Å². The van der Waals surface area contributed by atoms with E-state index in [4.69, 9.17) is 9.15 Å². The molecule has 1 spiro atoms. The molecule has 1 saturated carbocycles. The summed E-state index contributed by atoms with van der Waals surface area (Å²) >= 11 is 0. The van der Waals surface area contributed by atoms with E-state index in [2.05, 4.69) is 10.6 Å². The van der Waals surface area contributed by atoms with Crippen LogP contribution in [0.3, 0.4) is 0 Å². The predicted octanol–water partition coefficient (Wildman–Crippen LogP) is 3.55. The molecule has 4 rings (SSSR count). The minimum atomic E-state index is -1.14.